The van der Waals surface area contributed by atoms with Crippen molar-refractivity contribution < 1.29 is 9.21 Å². The second-order valence-electron chi connectivity index (χ2n) is 4.49. The van der Waals surface area contributed by atoms with Gasteiger partial charge in [0.2, 0.25) is 0 Å². The van der Waals surface area contributed by atoms with Gasteiger partial charge in [0.05, 0.1) is 18.8 Å². The molecule has 0 bridgehead atoms. The number of aromatic nitrogens is 2. The van der Waals surface area contributed by atoms with E-state index in [1.54, 1.807) is 12.3 Å². The highest BCUT2D eigenvalue weighted by Crippen LogP contribution is 2.10. The van der Waals surface area contributed by atoms with E-state index in [9.17, 15) is 4.79 Å². The van der Waals surface area contributed by atoms with Gasteiger partial charge in [-0.3, -0.25) is 14.8 Å². The number of aromatic amines is 1. The summed E-state index contributed by atoms with van der Waals surface area (Å²) in [4.78, 5) is 14.2. The molecule has 0 aliphatic heterocycles. The van der Waals surface area contributed by atoms with E-state index in [1.807, 2.05) is 12.1 Å². The normalized spacial score (nSPS) is 10.9. The van der Waals surface area contributed by atoms with Gasteiger partial charge in [-0.1, -0.05) is 13.8 Å². The van der Waals surface area contributed by atoms with E-state index in [0.717, 1.165) is 31.1 Å². The largest absolute Gasteiger partial charge is 0.455 e. The SMILES string of the molecule is CCN(CC)Cc1ccc(C(=O)NCc2ccn[nH]2)o1. The van der Waals surface area contributed by atoms with Crippen molar-refractivity contribution in [2.24, 2.45) is 0 Å². The summed E-state index contributed by atoms with van der Waals surface area (Å²) >= 11 is 0. The zero-order chi connectivity index (χ0) is 14.4. The van der Waals surface area contributed by atoms with E-state index in [1.165, 1.54) is 0 Å². The van der Waals surface area contributed by atoms with Crippen molar-refractivity contribution in [1.29, 1.82) is 0 Å². The molecule has 2 heterocycles. The minimum Gasteiger partial charge on any atom is -0.455 e. The van der Waals surface area contributed by atoms with E-state index in [-0.39, 0.29) is 5.91 Å². The van der Waals surface area contributed by atoms with Crippen LogP contribution in [0.1, 0.15) is 35.9 Å². The fraction of sp³-hybridized carbons (Fsp3) is 0.429. The van der Waals surface area contributed by atoms with Crippen LogP contribution in [0.15, 0.2) is 28.8 Å². The summed E-state index contributed by atoms with van der Waals surface area (Å²) in [5.41, 5.74) is 0.855. The summed E-state index contributed by atoms with van der Waals surface area (Å²) in [7, 11) is 0. The molecule has 0 aliphatic carbocycles. The van der Waals surface area contributed by atoms with Crippen molar-refractivity contribution in [3.05, 3.63) is 41.6 Å². The van der Waals surface area contributed by atoms with Crippen LogP contribution in [0.5, 0.6) is 0 Å². The molecule has 2 N–H and O–H groups in total. The number of hydrogen-bond donors (Lipinski definition) is 2. The van der Waals surface area contributed by atoms with Crippen molar-refractivity contribution >= 4 is 5.91 Å². The summed E-state index contributed by atoms with van der Waals surface area (Å²) in [5.74, 6) is 0.928. The van der Waals surface area contributed by atoms with Gasteiger partial charge in [-0.2, -0.15) is 5.10 Å². The van der Waals surface area contributed by atoms with Gasteiger partial charge in [0, 0.05) is 6.20 Å². The zero-order valence-corrected chi connectivity index (χ0v) is 11.8. The highest BCUT2D eigenvalue weighted by Gasteiger charge is 2.12. The Balaban J connectivity index is 1.89. The quantitative estimate of drug-likeness (QED) is 0.808. The van der Waals surface area contributed by atoms with Gasteiger partial charge in [-0.25, -0.2) is 0 Å². The molecule has 6 heteroatoms. The number of H-pyrrole nitrogens is 1. The average molecular weight is 276 g/mol. The van der Waals surface area contributed by atoms with Crippen LogP contribution < -0.4 is 5.32 Å². The third-order valence-corrected chi connectivity index (χ3v) is 3.16. The lowest BCUT2D eigenvalue weighted by Gasteiger charge is -2.15. The molecule has 0 radical (unpaired) electrons. The second-order valence-corrected chi connectivity index (χ2v) is 4.49. The van der Waals surface area contributed by atoms with Crippen LogP contribution in [-0.2, 0) is 13.1 Å². The molecule has 0 saturated carbocycles. The first kappa shape index (κ1) is 14.3. The van der Waals surface area contributed by atoms with Crippen LogP contribution in [0, 0.1) is 0 Å². The highest BCUT2D eigenvalue weighted by molar-refractivity contribution is 5.91. The van der Waals surface area contributed by atoms with Gasteiger partial charge < -0.3 is 9.73 Å². The number of furan rings is 1. The van der Waals surface area contributed by atoms with Gasteiger partial charge in [0.1, 0.15) is 5.76 Å². The van der Waals surface area contributed by atoms with Crippen LogP contribution in [0.3, 0.4) is 0 Å². The zero-order valence-electron chi connectivity index (χ0n) is 11.8. The van der Waals surface area contributed by atoms with Gasteiger partial charge in [0.25, 0.3) is 5.91 Å². The number of amides is 1. The Labute approximate surface area is 118 Å². The predicted octanol–water partition coefficient (Wildman–Crippen LogP) is 1.77. The van der Waals surface area contributed by atoms with Crippen LogP contribution >= 0.6 is 0 Å². The monoisotopic (exact) mass is 276 g/mol. The summed E-state index contributed by atoms with van der Waals surface area (Å²) in [6, 6.07) is 5.37. The van der Waals surface area contributed by atoms with Crippen LogP contribution in [0.2, 0.25) is 0 Å². The molecule has 6 nitrogen and oxygen atoms in total. The molecule has 0 atom stereocenters. The fourth-order valence-corrected chi connectivity index (χ4v) is 1.90. The van der Waals surface area contributed by atoms with E-state index in [2.05, 4.69) is 34.3 Å². The molecule has 0 aromatic carbocycles. The lowest BCUT2D eigenvalue weighted by atomic mass is 10.3. The topological polar surface area (TPSA) is 74.2 Å². The van der Waals surface area contributed by atoms with Crippen molar-refractivity contribution in [1.82, 2.24) is 20.4 Å². The van der Waals surface area contributed by atoms with Gasteiger partial charge in [-0.05, 0) is 31.3 Å². The molecule has 0 fully saturated rings. The molecular formula is C14H20N4O2. The van der Waals surface area contributed by atoms with Crippen molar-refractivity contribution in [2.75, 3.05) is 13.1 Å². The van der Waals surface area contributed by atoms with Gasteiger partial charge >= 0.3 is 0 Å². The number of hydrogen-bond acceptors (Lipinski definition) is 4. The lowest BCUT2D eigenvalue weighted by molar-refractivity contribution is 0.0919. The first-order chi connectivity index (χ1) is 9.72. The van der Waals surface area contributed by atoms with E-state index >= 15 is 0 Å². The smallest absolute Gasteiger partial charge is 0.287 e. The molecule has 0 unspecified atom stereocenters. The Kier molecular flexibility index (Phi) is 4.95. The maximum absolute atomic E-state index is 11.9. The number of carbonyl (C=O) groups excluding carboxylic acids is 1. The summed E-state index contributed by atoms with van der Waals surface area (Å²) in [5, 5.41) is 9.39. The third-order valence-electron chi connectivity index (χ3n) is 3.16. The van der Waals surface area contributed by atoms with Crippen molar-refractivity contribution in [3.63, 3.8) is 0 Å². The third kappa shape index (κ3) is 3.71. The minimum atomic E-state index is -0.217. The minimum absolute atomic E-state index is 0.217. The van der Waals surface area contributed by atoms with Crippen LogP contribution in [0.25, 0.3) is 0 Å². The van der Waals surface area contributed by atoms with Gasteiger partial charge in [-0.15, -0.1) is 0 Å². The Morgan fingerprint density at radius 2 is 2.15 bits per heavy atom. The Bertz CT molecular complexity index is 529. The maximum atomic E-state index is 11.9. The Hall–Kier alpha value is -2.08. The first-order valence-corrected chi connectivity index (χ1v) is 6.80. The van der Waals surface area contributed by atoms with Crippen LogP contribution in [0.4, 0.5) is 0 Å². The number of nitrogens with zero attached hydrogens (tertiary/aromatic N) is 2. The molecule has 2 rings (SSSR count). The fourth-order valence-electron chi connectivity index (χ4n) is 1.90. The van der Waals surface area contributed by atoms with Crippen molar-refractivity contribution in [2.45, 2.75) is 26.9 Å². The molecular weight excluding hydrogens is 256 g/mol. The highest BCUT2D eigenvalue weighted by atomic mass is 16.4. The number of rotatable bonds is 7. The molecule has 0 spiro atoms. The lowest BCUT2D eigenvalue weighted by Crippen LogP contribution is -2.23. The summed E-state index contributed by atoms with van der Waals surface area (Å²) in [6.07, 6.45) is 1.65. The van der Waals surface area contributed by atoms with Crippen molar-refractivity contribution in [3.8, 4) is 0 Å². The number of carbonyl (C=O) groups is 1. The average Bonchev–Trinajstić information content (AvgIpc) is 3.13. The maximum Gasteiger partial charge on any atom is 0.287 e. The molecule has 0 saturated heterocycles. The number of nitrogens with one attached hydrogen (secondary N) is 2. The Morgan fingerprint density at radius 3 is 2.80 bits per heavy atom. The van der Waals surface area contributed by atoms with E-state index in [4.69, 9.17) is 4.42 Å². The second kappa shape index (κ2) is 6.91. The Morgan fingerprint density at radius 1 is 1.35 bits per heavy atom. The standard InChI is InChI=1S/C14H20N4O2/c1-3-18(4-2)10-12-5-6-13(20-12)14(19)15-9-11-7-8-16-17-11/h5-8H,3-4,9-10H2,1-2H3,(H,15,19)(H,16,17). The molecule has 2 aromatic heterocycles. The van der Waals surface area contributed by atoms with E-state index < -0.39 is 0 Å². The first-order valence-electron chi connectivity index (χ1n) is 6.80. The van der Waals surface area contributed by atoms with Gasteiger partial charge in [0.15, 0.2) is 5.76 Å². The molecule has 20 heavy (non-hydrogen) atoms. The van der Waals surface area contributed by atoms with E-state index in [0.29, 0.717) is 12.3 Å². The molecule has 0 aliphatic rings. The molecule has 108 valence electrons. The predicted molar refractivity (Wildman–Crippen MR) is 75.1 cm³/mol. The summed E-state index contributed by atoms with van der Waals surface area (Å²) in [6.45, 7) is 7.25. The summed E-state index contributed by atoms with van der Waals surface area (Å²) < 4.78 is 5.57. The van der Waals surface area contributed by atoms with Crippen LogP contribution in [-0.4, -0.2) is 34.1 Å². The molecule has 1 amide bonds. The molecule has 2 aromatic rings.